The minimum Gasteiger partial charge on any atom is -0.344 e. The van der Waals surface area contributed by atoms with Crippen molar-refractivity contribution in [2.45, 2.75) is 6.92 Å². The quantitative estimate of drug-likeness (QED) is 0.587. The Labute approximate surface area is 91.2 Å². The van der Waals surface area contributed by atoms with Crippen LogP contribution in [0.2, 0.25) is 0 Å². The Hall–Kier alpha value is -1.69. The highest BCUT2D eigenvalue weighted by molar-refractivity contribution is 7.14. The van der Waals surface area contributed by atoms with Crippen molar-refractivity contribution in [2.75, 3.05) is 11.9 Å². The number of anilines is 1. The molecule has 0 aromatic carbocycles. The molecule has 0 saturated heterocycles. The highest BCUT2D eigenvalue weighted by Crippen LogP contribution is 2.13. The standard InChI is InChI=1S/C9H11N3O2S/c1-3-4-10-7(13)8(14)12-9-11-6(2)5-15-9/h3,5H,1,4H2,2H3,(H,10,13)(H,11,12,14). The highest BCUT2D eigenvalue weighted by Gasteiger charge is 2.13. The van der Waals surface area contributed by atoms with Crippen molar-refractivity contribution in [1.82, 2.24) is 10.3 Å². The number of nitrogens with zero attached hydrogens (tertiary/aromatic N) is 1. The van der Waals surface area contributed by atoms with Crippen LogP contribution in [0.1, 0.15) is 5.69 Å². The summed E-state index contributed by atoms with van der Waals surface area (Å²) in [5.74, 6) is -1.41. The van der Waals surface area contributed by atoms with Gasteiger partial charge < -0.3 is 5.32 Å². The number of amides is 2. The molecule has 0 fully saturated rings. The van der Waals surface area contributed by atoms with Crippen molar-refractivity contribution >= 4 is 28.3 Å². The predicted octanol–water partition coefficient (Wildman–Crippen LogP) is 0.692. The number of hydrogen-bond donors (Lipinski definition) is 2. The van der Waals surface area contributed by atoms with Crippen molar-refractivity contribution in [3.05, 3.63) is 23.7 Å². The fourth-order valence-electron chi connectivity index (χ4n) is 0.810. The molecule has 1 heterocycles. The Morgan fingerprint density at radius 3 is 2.87 bits per heavy atom. The summed E-state index contributed by atoms with van der Waals surface area (Å²) in [5, 5.41) is 6.97. The fraction of sp³-hybridized carbons (Fsp3) is 0.222. The number of nitrogens with one attached hydrogen (secondary N) is 2. The van der Waals surface area contributed by atoms with Gasteiger partial charge in [-0.05, 0) is 6.92 Å². The van der Waals surface area contributed by atoms with E-state index in [2.05, 4.69) is 22.2 Å². The lowest BCUT2D eigenvalue weighted by Crippen LogP contribution is -2.35. The lowest BCUT2D eigenvalue weighted by molar-refractivity contribution is -0.136. The maximum Gasteiger partial charge on any atom is 0.315 e. The van der Waals surface area contributed by atoms with Crippen molar-refractivity contribution in [2.24, 2.45) is 0 Å². The van der Waals surface area contributed by atoms with Crippen molar-refractivity contribution < 1.29 is 9.59 Å². The van der Waals surface area contributed by atoms with Gasteiger partial charge in [0.25, 0.3) is 0 Å². The van der Waals surface area contributed by atoms with Gasteiger partial charge in [-0.15, -0.1) is 17.9 Å². The molecule has 6 heteroatoms. The smallest absolute Gasteiger partial charge is 0.315 e. The zero-order valence-corrected chi connectivity index (χ0v) is 9.06. The molecule has 0 aliphatic heterocycles. The van der Waals surface area contributed by atoms with Crippen LogP contribution in [0.3, 0.4) is 0 Å². The van der Waals surface area contributed by atoms with Crippen LogP contribution in [0.5, 0.6) is 0 Å². The molecule has 0 spiro atoms. The van der Waals surface area contributed by atoms with E-state index in [0.29, 0.717) is 5.13 Å². The first-order valence-corrected chi connectivity index (χ1v) is 5.13. The molecule has 0 radical (unpaired) electrons. The van der Waals surface area contributed by atoms with E-state index in [-0.39, 0.29) is 6.54 Å². The van der Waals surface area contributed by atoms with Crippen LogP contribution >= 0.6 is 11.3 Å². The summed E-state index contributed by atoms with van der Waals surface area (Å²) >= 11 is 1.28. The van der Waals surface area contributed by atoms with Gasteiger partial charge in [0, 0.05) is 11.9 Å². The summed E-state index contributed by atoms with van der Waals surface area (Å²) < 4.78 is 0. The molecule has 0 aliphatic carbocycles. The second kappa shape index (κ2) is 5.26. The van der Waals surface area contributed by atoms with Gasteiger partial charge in [0.1, 0.15) is 0 Å². The van der Waals surface area contributed by atoms with Gasteiger partial charge in [-0.1, -0.05) is 6.08 Å². The van der Waals surface area contributed by atoms with Crippen LogP contribution in [0.15, 0.2) is 18.0 Å². The number of aryl methyl sites for hydroxylation is 1. The maximum atomic E-state index is 11.2. The van der Waals surface area contributed by atoms with Crippen LogP contribution in [-0.4, -0.2) is 23.3 Å². The Bertz CT molecular complexity index is 386. The van der Waals surface area contributed by atoms with Crippen LogP contribution < -0.4 is 10.6 Å². The van der Waals surface area contributed by atoms with Crippen LogP contribution in [0.25, 0.3) is 0 Å². The average molecular weight is 225 g/mol. The third-order valence-electron chi connectivity index (χ3n) is 1.45. The number of rotatable bonds is 3. The largest absolute Gasteiger partial charge is 0.344 e. The molecular weight excluding hydrogens is 214 g/mol. The molecule has 0 aliphatic rings. The molecule has 1 aromatic heterocycles. The number of aromatic nitrogens is 1. The monoisotopic (exact) mass is 225 g/mol. The molecule has 0 saturated carbocycles. The summed E-state index contributed by atoms with van der Waals surface area (Å²) in [6, 6.07) is 0. The highest BCUT2D eigenvalue weighted by atomic mass is 32.1. The first kappa shape index (κ1) is 11.4. The number of carbonyl (C=O) groups is 2. The first-order chi connectivity index (χ1) is 7.13. The van der Waals surface area contributed by atoms with Crippen LogP contribution in [0, 0.1) is 6.92 Å². The minimum absolute atomic E-state index is 0.267. The number of hydrogen-bond acceptors (Lipinski definition) is 4. The lowest BCUT2D eigenvalue weighted by atomic mass is 10.5. The van der Waals surface area contributed by atoms with Gasteiger partial charge >= 0.3 is 11.8 Å². The molecule has 2 N–H and O–H groups in total. The van der Waals surface area contributed by atoms with Gasteiger partial charge in [-0.25, -0.2) is 4.98 Å². The summed E-state index contributed by atoms with van der Waals surface area (Å²) in [7, 11) is 0. The van der Waals surface area contributed by atoms with E-state index in [0.717, 1.165) is 5.69 Å². The van der Waals surface area contributed by atoms with Gasteiger partial charge in [0.15, 0.2) is 5.13 Å². The first-order valence-electron chi connectivity index (χ1n) is 4.25. The maximum absolute atomic E-state index is 11.2. The van der Waals surface area contributed by atoms with Crippen molar-refractivity contribution in [3.8, 4) is 0 Å². The van der Waals surface area contributed by atoms with Crippen molar-refractivity contribution in [1.29, 1.82) is 0 Å². The molecular formula is C9H11N3O2S. The zero-order chi connectivity index (χ0) is 11.3. The lowest BCUT2D eigenvalue weighted by Gasteiger charge is -2.01. The molecule has 80 valence electrons. The van der Waals surface area contributed by atoms with Gasteiger partial charge in [0.05, 0.1) is 5.69 Å². The molecule has 15 heavy (non-hydrogen) atoms. The fourth-order valence-corrected chi connectivity index (χ4v) is 1.49. The summed E-state index contributed by atoms with van der Waals surface area (Å²) in [6.45, 7) is 5.50. The van der Waals surface area contributed by atoms with E-state index in [1.165, 1.54) is 17.4 Å². The molecule has 0 bridgehead atoms. The Morgan fingerprint density at radius 1 is 1.60 bits per heavy atom. The van der Waals surface area contributed by atoms with E-state index in [1.54, 1.807) is 5.38 Å². The minimum atomic E-state index is -0.716. The molecule has 2 amide bonds. The second-order valence-electron chi connectivity index (χ2n) is 2.75. The van der Waals surface area contributed by atoms with Crippen LogP contribution in [0.4, 0.5) is 5.13 Å². The molecule has 0 atom stereocenters. The topological polar surface area (TPSA) is 71.1 Å². The molecule has 1 aromatic rings. The third-order valence-corrected chi connectivity index (χ3v) is 2.33. The van der Waals surface area contributed by atoms with Crippen LogP contribution in [-0.2, 0) is 9.59 Å². The van der Waals surface area contributed by atoms with Gasteiger partial charge in [0.2, 0.25) is 0 Å². The molecule has 5 nitrogen and oxygen atoms in total. The summed E-state index contributed by atoms with van der Waals surface area (Å²) in [4.78, 5) is 26.4. The van der Waals surface area contributed by atoms with E-state index in [9.17, 15) is 9.59 Å². The summed E-state index contributed by atoms with van der Waals surface area (Å²) in [6.07, 6.45) is 1.50. The average Bonchev–Trinajstić information content (AvgIpc) is 2.60. The predicted molar refractivity (Wildman–Crippen MR) is 58.7 cm³/mol. The Kier molecular flexibility index (Phi) is 3.99. The molecule has 1 rings (SSSR count). The van der Waals surface area contributed by atoms with E-state index >= 15 is 0 Å². The Morgan fingerprint density at radius 2 is 2.33 bits per heavy atom. The van der Waals surface area contributed by atoms with Crippen molar-refractivity contribution in [3.63, 3.8) is 0 Å². The number of thiazole rings is 1. The Balaban J connectivity index is 2.48. The van der Waals surface area contributed by atoms with E-state index in [1.807, 2.05) is 6.92 Å². The summed E-state index contributed by atoms with van der Waals surface area (Å²) in [5.41, 5.74) is 0.807. The zero-order valence-electron chi connectivity index (χ0n) is 8.24. The SMILES string of the molecule is C=CCNC(=O)C(=O)Nc1nc(C)cs1. The van der Waals surface area contributed by atoms with Gasteiger partial charge in [-0.3, -0.25) is 14.9 Å². The van der Waals surface area contributed by atoms with E-state index < -0.39 is 11.8 Å². The third kappa shape index (κ3) is 3.51. The second-order valence-corrected chi connectivity index (χ2v) is 3.60. The van der Waals surface area contributed by atoms with E-state index in [4.69, 9.17) is 0 Å². The normalized spacial score (nSPS) is 9.40. The van der Waals surface area contributed by atoms with Gasteiger partial charge in [-0.2, -0.15) is 0 Å². The molecule has 0 unspecified atom stereocenters. The number of carbonyl (C=O) groups excluding carboxylic acids is 2.